The van der Waals surface area contributed by atoms with Crippen LogP contribution in [0.1, 0.15) is 38.4 Å². The molecule has 5 rings (SSSR count). The minimum Gasteiger partial charge on any atom is -0.379 e. The van der Waals surface area contributed by atoms with E-state index in [-0.39, 0.29) is 27.8 Å². The minimum absolute atomic E-state index is 0.0605. The zero-order valence-corrected chi connectivity index (χ0v) is 25.9. The van der Waals surface area contributed by atoms with Gasteiger partial charge in [0.15, 0.2) is 5.69 Å². The summed E-state index contributed by atoms with van der Waals surface area (Å²) in [5.74, 6) is -1.14. The molecule has 15 heteroatoms. The molecule has 2 amide bonds. The zero-order valence-electron chi connectivity index (χ0n) is 25.2. The van der Waals surface area contributed by atoms with Crippen molar-refractivity contribution in [2.24, 2.45) is 0 Å². The highest BCUT2D eigenvalue weighted by Gasteiger charge is 2.33. The number of benzene rings is 2. The van der Waals surface area contributed by atoms with Gasteiger partial charge in [0.25, 0.3) is 11.8 Å². The van der Waals surface area contributed by atoms with Gasteiger partial charge in [0, 0.05) is 45.8 Å². The predicted octanol–water partition coefficient (Wildman–Crippen LogP) is 3.70. The van der Waals surface area contributed by atoms with Crippen LogP contribution in [0.2, 0.25) is 5.02 Å². The van der Waals surface area contributed by atoms with Crippen LogP contribution in [0.3, 0.4) is 0 Å². The summed E-state index contributed by atoms with van der Waals surface area (Å²) in [5.41, 5.74) is 0.564. The number of hydrogen-bond donors (Lipinski definition) is 2. The van der Waals surface area contributed by atoms with E-state index in [2.05, 4.69) is 35.6 Å². The van der Waals surface area contributed by atoms with E-state index in [4.69, 9.17) is 16.3 Å². The molecule has 0 aliphatic carbocycles. The Morgan fingerprint density at radius 2 is 1.76 bits per heavy atom. The van der Waals surface area contributed by atoms with Crippen molar-refractivity contribution in [1.82, 2.24) is 30.1 Å². The van der Waals surface area contributed by atoms with E-state index < -0.39 is 17.6 Å². The summed E-state index contributed by atoms with van der Waals surface area (Å²) < 4.78 is 47.4. The molecule has 3 aromatic rings. The van der Waals surface area contributed by atoms with E-state index in [1.807, 2.05) is 13.1 Å². The van der Waals surface area contributed by atoms with Crippen molar-refractivity contribution in [2.45, 2.75) is 19.5 Å². The Morgan fingerprint density at radius 1 is 1.02 bits per heavy atom. The number of hydrogen-bond acceptors (Lipinski definition) is 8. The number of ether oxygens (including phenoxy) is 1. The fourth-order valence-electron chi connectivity index (χ4n) is 5.29. The number of alkyl halides is 3. The van der Waals surface area contributed by atoms with Crippen LogP contribution in [0, 0.1) is 6.92 Å². The molecule has 2 saturated heterocycles. The molecule has 2 N–H and O–H groups in total. The van der Waals surface area contributed by atoms with E-state index in [1.54, 1.807) is 12.1 Å². The number of carbonyl (C=O) groups excluding carboxylic acids is 2. The van der Waals surface area contributed by atoms with E-state index >= 15 is 0 Å². The molecular formula is C30H36ClF3N8O3. The maximum atomic E-state index is 13.5. The summed E-state index contributed by atoms with van der Waals surface area (Å²) in [6.07, 6.45) is -2.37. The lowest BCUT2D eigenvalue weighted by molar-refractivity contribution is -0.137. The van der Waals surface area contributed by atoms with Crippen molar-refractivity contribution in [3.05, 3.63) is 63.9 Å². The number of rotatable bonds is 9. The summed E-state index contributed by atoms with van der Waals surface area (Å²) >= 11 is 6.31. The number of morpholine rings is 1. The number of piperazine rings is 1. The van der Waals surface area contributed by atoms with Gasteiger partial charge in [-0.2, -0.15) is 13.2 Å². The molecule has 2 aliphatic rings. The van der Waals surface area contributed by atoms with E-state index in [0.29, 0.717) is 36.7 Å². The normalized spacial score (nSPS) is 16.5. The number of nitrogens with one attached hydrogen (secondary N) is 2. The first-order chi connectivity index (χ1) is 21.5. The second-order valence-electron chi connectivity index (χ2n) is 11.2. The second-order valence-corrected chi connectivity index (χ2v) is 11.6. The number of likely N-dealkylation sites (N-methyl/N-ethyl adjacent to an activating group) is 1. The lowest BCUT2D eigenvalue weighted by atomic mass is 10.0. The van der Waals surface area contributed by atoms with Crippen molar-refractivity contribution >= 4 is 34.8 Å². The average Bonchev–Trinajstić information content (AvgIpc) is 3.52. The quantitative estimate of drug-likeness (QED) is 0.339. The topological polar surface area (TPSA) is 108 Å². The molecule has 0 spiro atoms. The first kappa shape index (κ1) is 32.7. The highest BCUT2D eigenvalue weighted by molar-refractivity contribution is 6.35. The predicted molar refractivity (Wildman–Crippen MR) is 164 cm³/mol. The number of aryl methyl sites for hydroxylation is 1. The molecule has 0 bridgehead atoms. The van der Waals surface area contributed by atoms with Gasteiger partial charge in [-0.3, -0.25) is 14.5 Å². The average molecular weight is 649 g/mol. The Balaban J connectivity index is 1.35. The van der Waals surface area contributed by atoms with Crippen LogP contribution in [-0.4, -0.2) is 109 Å². The summed E-state index contributed by atoms with van der Waals surface area (Å²) in [4.78, 5) is 32.7. The molecule has 0 atom stereocenters. The van der Waals surface area contributed by atoms with Crippen LogP contribution in [0.25, 0.3) is 5.69 Å². The first-order valence-electron chi connectivity index (χ1n) is 14.8. The summed E-state index contributed by atoms with van der Waals surface area (Å²) in [7, 11) is 2.02. The molecule has 2 aliphatic heterocycles. The Morgan fingerprint density at radius 3 is 2.47 bits per heavy atom. The number of halogens is 4. The van der Waals surface area contributed by atoms with Crippen molar-refractivity contribution in [3.8, 4) is 5.69 Å². The third-order valence-electron chi connectivity index (χ3n) is 7.93. The van der Waals surface area contributed by atoms with E-state index in [0.717, 1.165) is 64.5 Å². The molecule has 0 saturated carbocycles. The van der Waals surface area contributed by atoms with Gasteiger partial charge in [-0.05, 0) is 62.8 Å². The van der Waals surface area contributed by atoms with Gasteiger partial charge in [0.05, 0.1) is 52.6 Å². The molecule has 2 fully saturated rings. The van der Waals surface area contributed by atoms with Gasteiger partial charge in [0.1, 0.15) is 0 Å². The monoisotopic (exact) mass is 648 g/mol. The van der Waals surface area contributed by atoms with E-state index in [1.165, 1.54) is 17.8 Å². The lowest BCUT2D eigenvalue weighted by Crippen LogP contribution is -2.44. The SMILES string of the molecule is Cc1cc(C(F)(F)F)cc(C(=O)Nc2cc(-n3cc(C(=O)NCCCN4CCOCC4)nn3)ccc2N2CCN(C)CC2)c1Cl. The van der Waals surface area contributed by atoms with Crippen LogP contribution in [0.5, 0.6) is 0 Å². The van der Waals surface area contributed by atoms with Crippen LogP contribution < -0.4 is 15.5 Å². The van der Waals surface area contributed by atoms with Gasteiger partial charge < -0.3 is 25.2 Å². The molecule has 11 nitrogen and oxygen atoms in total. The maximum absolute atomic E-state index is 13.5. The van der Waals surface area contributed by atoms with Crippen LogP contribution in [0.4, 0.5) is 24.5 Å². The third-order valence-corrected chi connectivity index (χ3v) is 8.43. The highest BCUT2D eigenvalue weighted by Crippen LogP contribution is 2.35. The molecule has 0 unspecified atom stereocenters. The number of carbonyl (C=O) groups is 2. The molecule has 3 heterocycles. The Bertz CT molecular complexity index is 1520. The largest absolute Gasteiger partial charge is 0.416 e. The molecule has 1 aromatic heterocycles. The summed E-state index contributed by atoms with van der Waals surface area (Å²) in [5, 5.41) is 13.7. The number of anilines is 2. The second kappa shape index (κ2) is 14.1. The fourth-order valence-corrected chi connectivity index (χ4v) is 5.49. The van der Waals surface area contributed by atoms with Crippen LogP contribution >= 0.6 is 11.6 Å². The summed E-state index contributed by atoms with van der Waals surface area (Å²) in [6, 6.07) is 6.91. The standard InChI is InChI=1S/C30H36ClF3N8O3/c1-20-16-21(30(32,33)34)17-23(27(20)31)28(43)36-24-18-22(4-5-26(24)41-10-8-39(2)9-11-41)42-19-25(37-38-42)29(44)35-6-3-7-40-12-14-45-15-13-40/h4-5,16-19H,3,6-15H2,1-2H3,(H,35,44)(H,36,43). The number of aromatic nitrogens is 3. The van der Waals surface area contributed by atoms with Crippen LogP contribution in [-0.2, 0) is 10.9 Å². The van der Waals surface area contributed by atoms with Gasteiger partial charge in [-0.1, -0.05) is 16.8 Å². The van der Waals surface area contributed by atoms with E-state index in [9.17, 15) is 22.8 Å². The van der Waals surface area contributed by atoms with Gasteiger partial charge in [-0.25, -0.2) is 4.68 Å². The molecular weight excluding hydrogens is 613 g/mol. The molecule has 45 heavy (non-hydrogen) atoms. The zero-order chi connectivity index (χ0) is 32.1. The maximum Gasteiger partial charge on any atom is 0.416 e. The minimum atomic E-state index is -4.64. The van der Waals surface area contributed by atoms with Crippen molar-refractivity contribution < 1.29 is 27.5 Å². The van der Waals surface area contributed by atoms with Gasteiger partial charge in [0.2, 0.25) is 0 Å². The van der Waals surface area contributed by atoms with Crippen molar-refractivity contribution in [2.75, 3.05) is 82.8 Å². The van der Waals surface area contributed by atoms with Crippen molar-refractivity contribution in [3.63, 3.8) is 0 Å². The molecule has 2 aromatic carbocycles. The number of nitrogens with zero attached hydrogens (tertiary/aromatic N) is 6. The first-order valence-corrected chi connectivity index (χ1v) is 15.1. The number of amides is 2. The molecule has 0 radical (unpaired) electrons. The Labute approximate surface area is 264 Å². The smallest absolute Gasteiger partial charge is 0.379 e. The van der Waals surface area contributed by atoms with Crippen LogP contribution in [0.15, 0.2) is 36.5 Å². The Kier molecular flexibility index (Phi) is 10.3. The summed E-state index contributed by atoms with van der Waals surface area (Å²) in [6.45, 7) is 8.91. The van der Waals surface area contributed by atoms with Gasteiger partial charge in [-0.15, -0.1) is 5.10 Å². The molecule has 242 valence electrons. The Hall–Kier alpha value is -3.72. The highest BCUT2D eigenvalue weighted by atomic mass is 35.5. The van der Waals surface area contributed by atoms with Gasteiger partial charge >= 0.3 is 6.18 Å². The fraction of sp³-hybridized carbons (Fsp3) is 0.467. The third kappa shape index (κ3) is 8.12. The van der Waals surface area contributed by atoms with Crippen molar-refractivity contribution in [1.29, 1.82) is 0 Å². The lowest BCUT2D eigenvalue weighted by Gasteiger charge is -2.35.